The molecule has 0 bridgehead atoms. The minimum absolute atomic E-state index is 0.362. The maximum Gasteiger partial charge on any atom is 0.337 e. The summed E-state index contributed by atoms with van der Waals surface area (Å²) in [5.74, 6) is 0. The third kappa shape index (κ3) is 1.52. The van der Waals surface area contributed by atoms with Gasteiger partial charge in [0, 0.05) is 12.3 Å². The molecule has 0 radical (unpaired) electrons. The summed E-state index contributed by atoms with van der Waals surface area (Å²) in [6.07, 6.45) is 3.42. The fraction of sp³-hybridized carbons (Fsp3) is 0.154. The molecule has 0 N–H and O–H groups in total. The van der Waals surface area contributed by atoms with Crippen molar-refractivity contribution < 1.29 is 4.42 Å². The summed E-state index contributed by atoms with van der Waals surface area (Å²) in [7, 11) is 0. The Balaban J connectivity index is 2.37. The molecular formula is C13H11N3O2. The highest BCUT2D eigenvalue weighted by atomic mass is 16.4. The summed E-state index contributed by atoms with van der Waals surface area (Å²) in [5.41, 5.74) is 2.62. The van der Waals surface area contributed by atoms with E-state index < -0.39 is 0 Å². The standard InChI is InChI=1S/C13H11N3O2/c1-8-6-11(17)18-13-12(8)9(2)16(15-13)10-4-3-5-14-7-10/h3-7H,1-2H3. The smallest absolute Gasteiger partial charge is 0.337 e. The first-order chi connectivity index (χ1) is 8.66. The predicted octanol–water partition coefficient (Wildman–Crippen LogP) is 1.99. The Hall–Kier alpha value is -2.43. The number of hydrogen-bond donors (Lipinski definition) is 0. The van der Waals surface area contributed by atoms with Crippen molar-refractivity contribution in [3.8, 4) is 5.69 Å². The van der Waals surface area contributed by atoms with Crippen molar-refractivity contribution in [3.63, 3.8) is 0 Å². The Morgan fingerprint density at radius 3 is 2.89 bits per heavy atom. The molecule has 0 unspecified atom stereocenters. The van der Waals surface area contributed by atoms with Crippen LogP contribution in [-0.4, -0.2) is 14.8 Å². The Morgan fingerprint density at radius 1 is 1.33 bits per heavy atom. The second kappa shape index (κ2) is 3.80. The van der Waals surface area contributed by atoms with Crippen LogP contribution in [0.25, 0.3) is 16.8 Å². The molecule has 0 fully saturated rings. The second-order valence-corrected chi connectivity index (χ2v) is 4.14. The molecule has 0 saturated carbocycles. The van der Waals surface area contributed by atoms with Crippen LogP contribution in [0.3, 0.4) is 0 Å². The number of fused-ring (bicyclic) bond motifs is 1. The van der Waals surface area contributed by atoms with Crippen LogP contribution in [-0.2, 0) is 0 Å². The zero-order valence-corrected chi connectivity index (χ0v) is 10.0. The van der Waals surface area contributed by atoms with E-state index in [0.29, 0.717) is 5.71 Å². The first-order valence-electron chi connectivity index (χ1n) is 5.57. The Bertz CT molecular complexity index is 772. The van der Waals surface area contributed by atoms with Gasteiger partial charge in [-0.15, -0.1) is 5.10 Å². The van der Waals surface area contributed by atoms with Crippen LogP contribution in [0.15, 0.2) is 39.8 Å². The molecule has 0 aromatic carbocycles. The van der Waals surface area contributed by atoms with Gasteiger partial charge < -0.3 is 4.42 Å². The van der Waals surface area contributed by atoms with Gasteiger partial charge in [0.05, 0.1) is 23.0 Å². The molecule has 90 valence electrons. The maximum atomic E-state index is 11.3. The highest BCUT2D eigenvalue weighted by Crippen LogP contribution is 2.22. The van der Waals surface area contributed by atoms with Crippen molar-refractivity contribution in [2.45, 2.75) is 13.8 Å². The highest BCUT2D eigenvalue weighted by molar-refractivity contribution is 5.80. The topological polar surface area (TPSA) is 60.9 Å². The van der Waals surface area contributed by atoms with Crippen molar-refractivity contribution in [1.82, 2.24) is 14.8 Å². The Morgan fingerprint density at radius 2 is 2.17 bits per heavy atom. The van der Waals surface area contributed by atoms with Crippen LogP contribution in [0.4, 0.5) is 0 Å². The van der Waals surface area contributed by atoms with Gasteiger partial charge in [-0.25, -0.2) is 9.48 Å². The summed E-state index contributed by atoms with van der Waals surface area (Å²) >= 11 is 0. The lowest BCUT2D eigenvalue weighted by Gasteiger charge is -2.02. The predicted molar refractivity (Wildman–Crippen MR) is 66.9 cm³/mol. The van der Waals surface area contributed by atoms with Gasteiger partial charge in [0.1, 0.15) is 0 Å². The summed E-state index contributed by atoms with van der Waals surface area (Å²) in [6, 6.07) is 5.22. The molecule has 3 heterocycles. The zero-order chi connectivity index (χ0) is 12.7. The van der Waals surface area contributed by atoms with E-state index in [4.69, 9.17) is 4.42 Å². The molecule has 0 amide bonds. The second-order valence-electron chi connectivity index (χ2n) is 4.14. The van der Waals surface area contributed by atoms with E-state index in [9.17, 15) is 4.79 Å². The maximum absolute atomic E-state index is 11.3. The van der Waals surface area contributed by atoms with E-state index in [1.54, 1.807) is 17.1 Å². The van der Waals surface area contributed by atoms with Crippen molar-refractivity contribution in [2.75, 3.05) is 0 Å². The lowest BCUT2D eigenvalue weighted by Crippen LogP contribution is -1.98. The van der Waals surface area contributed by atoms with E-state index in [0.717, 1.165) is 22.3 Å². The van der Waals surface area contributed by atoms with Crippen LogP contribution in [0.5, 0.6) is 0 Å². The first kappa shape index (κ1) is 10.7. The molecule has 3 aromatic heterocycles. The summed E-state index contributed by atoms with van der Waals surface area (Å²) in [5, 5.41) is 5.19. The number of pyridine rings is 1. The Kier molecular flexibility index (Phi) is 2.26. The minimum Gasteiger partial charge on any atom is -0.402 e. The number of aryl methyl sites for hydroxylation is 2. The van der Waals surface area contributed by atoms with E-state index in [1.807, 2.05) is 26.0 Å². The third-order valence-corrected chi connectivity index (χ3v) is 2.90. The van der Waals surface area contributed by atoms with E-state index in [-0.39, 0.29) is 5.63 Å². The monoisotopic (exact) mass is 241 g/mol. The lowest BCUT2D eigenvalue weighted by atomic mass is 10.2. The average molecular weight is 241 g/mol. The van der Waals surface area contributed by atoms with E-state index in [1.165, 1.54) is 6.07 Å². The van der Waals surface area contributed by atoms with Crippen LogP contribution in [0.1, 0.15) is 11.3 Å². The molecular weight excluding hydrogens is 230 g/mol. The molecule has 0 atom stereocenters. The van der Waals surface area contributed by atoms with Gasteiger partial charge in [0.15, 0.2) is 0 Å². The molecule has 3 rings (SSSR count). The van der Waals surface area contributed by atoms with Crippen molar-refractivity contribution >= 4 is 11.1 Å². The van der Waals surface area contributed by atoms with Crippen LogP contribution in [0, 0.1) is 13.8 Å². The van der Waals surface area contributed by atoms with Gasteiger partial charge in [0.25, 0.3) is 0 Å². The van der Waals surface area contributed by atoms with Gasteiger partial charge in [-0.05, 0) is 31.5 Å². The number of hydrogen-bond acceptors (Lipinski definition) is 4. The molecule has 0 saturated heterocycles. The molecule has 3 aromatic rings. The summed E-state index contributed by atoms with van der Waals surface area (Å²) in [6.45, 7) is 3.82. The minimum atomic E-state index is -0.379. The van der Waals surface area contributed by atoms with E-state index >= 15 is 0 Å². The molecule has 0 aliphatic carbocycles. The quantitative estimate of drug-likeness (QED) is 0.653. The van der Waals surface area contributed by atoms with Crippen LogP contribution in [0.2, 0.25) is 0 Å². The first-order valence-corrected chi connectivity index (χ1v) is 5.57. The van der Waals surface area contributed by atoms with Gasteiger partial charge in [-0.1, -0.05) is 0 Å². The molecule has 18 heavy (non-hydrogen) atoms. The molecule has 5 nitrogen and oxygen atoms in total. The normalized spacial score (nSPS) is 11.0. The number of nitrogens with zero attached hydrogens (tertiary/aromatic N) is 3. The summed E-state index contributed by atoms with van der Waals surface area (Å²) in [4.78, 5) is 15.4. The van der Waals surface area contributed by atoms with Gasteiger partial charge >= 0.3 is 5.63 Å². The zero-order valence-electron chi connectivity index (χ0n) is 10.0. The van der Waals surface area contributed by atoms with Crippen LogP contribution < -0.4 is 5.63 Å². The van der Waals surface area contributed by atoms with Crippen LogP contribution >= 0.6 is 0 Å². The summed E-state index contributed by atoms with van der Waals surface area (Å²) < 4.78 is 6.85. The Labute approximate surface area is 103 Å². The third-order valence-electron chi connectivity index (χ3n) is 2.90. The fourth-order valence-electron chi connectivity index (χ4n) is 2.11. The largest absolute Gasteiger partial charge is 0.402 e. The number of aromatic nitrogens is 3. The van der Waals surface area contributed by atoms with E-state index in [2.05, 4.69) is 10.1 Å². The lowest BCUT2D eigenvalue weighted by molar-refractivity contribution is 0.543. The molecule has 0 aliphatic rings. The van der Waals surface area contributed by atoms with Gasteiger partial charge in [-0.2, -0.15) is 0 Å². The SMILES string of the molecule is Cc1cc(=O)oc2nn(-c3cccnc3)c(C)c12. The van der Waals surface area contributed by atoms with Crippen molar-refractivity contribution in [2.24, 2.45) is 0 Å². The molecule has 0 aliphatic heterocycles. The number of rotatable bonds is 1. The van der Waals surface area contributed by atoms with Gasteiger partial charge in [-0.3, -0.25) is 4.98 Å². The molecule has 0 spiro atoms. The fourth-order valence-corrected chi connectivity index (χ4v) is 2.11. The van der Waals surface area contributed by atoms with Crippen molar-refractivity contribution in [3.05, 3.63) is 52.3 Å². The van der Waals surface area contributed by atoms with Gasteiger partial charge in [0.2, 0.25) is 5.71 Å². The molecule has 5 heteroatoms. The van der Waals surface area contributed by atoms with Crippen molar-refractivity contribution in [1.29, 1.82) is 0 Å². The highest BCUT2D eigenvalue weighted by Gasteiger charge is 2.13. The average Bonchev–Trinajstić information content (AvgIpc) is 2.67.